The minimum atomic E-state index is 0.363. The molecule has 1 saturated heterocycles. The van der Waals surface area contributed by atoms with E-state index in [2.05, 4.69) is 39.5 Å². The predicted molar refractivity (Wildman–Crippen MR) is 64.7 cm³/mol. The Kier molecular flexibility index (Phi) is 2.63. The van der Waals surface area contributed by atoms with E-state index in [1.165, 1.54) is 6.42 Å². The van der Waals surface area contributed by atoms with Crippen LogP contribution in [-0.2, 0) is 0 Å². The van der Waals surface area contributed by atoms with Crippen molar-refractivity contribution in [3.63, 3.8) is 0 Å². The lowest BCUT2D eigenvalue weighted by atomic mass is 9.77. The first-order valence-corrected chi connectivity index (χ1v) is 6.35. The molecule has 2 N–H and O–H groups in total. The standard InChI is InChI=1S/C13H26N2/c1-8(2)15-11-6-9(11)10(7-14)12(15)13(3,4)5/h8-12H,6-7,14H2,1-5H3/t9-,10-,11?,12?/m1/s1. The second kappa shape index (κ2) is 3.46. The Labute approximate surface area is 94.2 Å². The minimum absolute atomic E-state index is 0.363. The van der Waals surface area contributed by atoms with Gasteiger partial charge in [-0.1, -0.05) is 20.8 Å². The quantitative estimate of drug-likeness (QED) is 0.756. The number of fused-ring (bicyclic) bond motifs is 1. The van der Waals surface area contributed by atoms with E-state index in [-0.39, 0.29) is 0 Å². The fourth-order valence-electron chi connectivity index (χ4n) is 3.76. The topological polar surface area (TPSA) is 29.3 Å². The molecule has 1 aliphatic carbocycles. The Morgan fingerprint density at radius 3 is 2.33 bits per heavy atom. The predicted octanol–water partition coefficient (Wildman–Crippen LogP) is 2.09. The van der Waals surface area contributed by atoms with Crippen LogP contribution >= 0.6 is 0 Å². The van der Waals surface area contributed by atoms with Gasteiger partial charge in [-0.3, -0.25) is 4.90 Å². The Bertz CT molecular complexity index is 241. The van der Waals surface area contributed by atoms with Gasteiger partial charge in [0.2, 0.25) is 0 Å². The van der Waals surface area contributed by atoms with E-state index in [1.807, 2.05) is 0 Å². The summed E-state index contributed by atoms with van der Waals surface area (Å²) >= 11 is 0. The second-order valence-electron chi connectivity index (χ2n) is 6.72. The molecule has 0 amide bonds. The van der Waals surface area contributed by atoms with Crippen LogP contribution in [0.3, 0.4) is 0 Å². The van der Waals surface area contributed by atoms with Crippen LogP contribution in [-0.4, -0.2) is 29.6 Å². The summed E-state index contributed by atoms with van der Waals surface area (Å²) in [6.07, 6.45) is 1.40. The number of nitrogens with zero attached hydrogens (tertiary/aromatic N) is 1. The van der Waals surface area contributed by atoms with Crippen molar-refractivity contribution >= 4 is 0 Å². The third-order valence-electron chi connectivity index (χ3n) is 4.22. The van der Waals surface area contributed by atoms with E-state index >= 15 is 0 Å². The molecular weight excluding hydrogens is 184 g/mol. The van der Waals surface area contributed by atoms with Gasteiger partial charge >= 0.3 is 0 Å². The molecule has 0 aromatic carbocycles. The van der Waals surface area contributed by atoms with Gasteiger partial charge in [0.15, 0.2) is 0 Å². The first kappa shape index (κ1) is 11.4. The zero-order valence-corrected chi connectivity index (χ0v) is 10.8. The number of piperidine rings is 1. The first-order chi connectivity index (χ1) is 6.88. The van der Waals surface area contributed by atoms with E-state index in [4.69, 9.17) is 5.73 Å². The van der Waals surface area contributed by atoms with Gasteiger partial charge in [0, 0.05) is 18.1 Å². The number of likely N-dealkylation sites (tertiary alicyclic amines) is 1. The van der Waals surface area contributed by atoms with Crippen LogP contribution < -0.4 is 5.73 Å². The van der Waals surface area contributed by atoms with Crippen molar-refractivity contribution in [2.24, 2.45) is 23.0 Å². The molecule has 2 rings (SSSR count). The molecule has 0 aromatic heterocycles. The normalized spacial score (nSPS) is 41.0. The van der Waals surface area contributed by atoms with E-state index in [9.17, 15) is 0 Å². The molecule has 1 saturated carbocycles. The van der Waals surface area contributed by atoms with Gasteiger partial charge in [0.05, 0.1) is 0 Å². The van der Waals surface area contributed by atoms with Crippen molar-refractivity contribution in [2.45, 2.75) is 59.2 Å². The molecule has 88 valence electrons. The molecule has 0 aromatic rings. The third-order valence-corrected chi connectivity index (χ3v) is 4.22. The van der Waals surface area contributed by atoms with Crippen LogP contribution in [0.2, 0.25) is 0 Å². The van der Waals surface area contributed by atoms with Gasteiger partial charge in [-0.25, -0.2) is 0 Å². The zero-order chi connectivity index (χ0) is 11.4. The summed E-state index contributed by atoms with van der Waals surface area (Å²) in [4.78, 5) is 2.74. The van der Waals surface area contributed by atoms with Crippen molar-refractivity contribution in [1.82, 2.24) is 4.90 Å². The summed E-state index contributed by atoms with van der Waals surface area (Å²) in [5.41, 5.74) is 6.34. The van der Waals surface area contributed by atoms with Gasteiger partial charge in [-0.2, -0.15) is 0 Å². The molecular formula is C13H26N2. The van der Waals surface area contributed by atoms with Crippen molar-refractivity contribution in [3.05, 3.63) is 0 Å². The summed E-state index contributed by atoms with van der Waals surface area (Å²) in [6.45, 7) is 12.6. The lowest BCUT2D eigenvalue weighted by molar-refractivity contribution is 0.0600. The highest BCUT2D eigenvalue weighted by Crippen LogP contribution is 2.56. The molecule has 2 nitrogen and oxygen atoms in total. The van der Waals surface area contributed by atoms with Gasteiger partial charge in [0.25, 0.3) is 0 Å². The van der Waals surface area contributed by atoms with E-state index in [0.717, 1.165) is 24.4 Å². The monoisotopic (exact) mass is 210 g/mol. The zero-order valence-electron chi connectivity index (χ0n) is 10.8. The summed E-state index contributed by atoms with van der Waals surface area (Å²) in [6, 6.07) is 2.20. The molecule has 2 fully saturated rings. The summed E-state index contributed by atoms with van der Waals surface area (Å²) < 4.78 is 0. The first-order valence-electron chi connectivity index (χ1n) is 6.35. The van der Waals surface area contributed by atoms with Crippen LogP contribution in [0.15, 0.2) is 0 Å². The third kappa shape index (κ3) is 1.72. The minimum Gasteiger partial charge on any atom is -0.330 e. The molecule has 0 radical (unpaired) electrons. The van der Waals surface area contributed by atoms with E-state index in [1.54, 1.807) is 0 Å². The number of hydrogen-bond donors (Lipinski definition) is 1. The average Bonchev–Trinajstić information content (AvgIpc) is 2.77. The Morgan fingerprint density at radius 2 is 1.93 bits per heavy atom. The maximum Gasteiger partial charge on any atom is 0.0193 e. The Morgan fingerprint density at radius 1 is 1.33 bits per heavy atom. The fourth-order valence-corrected chi connectivity index (χ4v) is 3.76. The molecule has 1 aliphatic heterocycles. The number of hydrogen-bond acceptors (Lipinski definition) is 2. The highest BCUT2D eigenvalue weighted by Gasteiger charge is 2.60. The van der Waals surface area contributed by atoms with Gasteiger partial charge in [-0.05, 0) is 44.1 Å². The molecule has 4 atom stereocenters. The summed E-state index contributed by atoms with van der Waals surface area (Å²) in [7, 11) is 0. The summed E-state index contributed by atoms with van der Waals surface area (Å²) in [5.74, 6) is 1.64. The molecule has 1 heterocycles. The average molecular weight is 210 g/mol. The van der Waals surface area contributed by atoms with Crippen LogP contribution in [0.25, 0.3) is 0 Å². The summed E-state index contributed by atoms with van der Waals surface area (Å²) in [5, 5.41) is 0. The van der Waals surface area contributed by atoms with Gasteiger partial charge in [-0.15, -0.1) is 0 Å². The van der Waals surface area contributed by atoms with Crippen LogP contribution in [0.4, 0.5) is 0 Å². The number of nitrogens with two attached hydrogens (primary N) is 1. The molecule has 2 unspecified atom stereocenters. The van der Waals surface area contributed by atoms with E-state index in [0.29, 0.717) is 17.5 Å². The molecule has 0 spiro atoms. The molecule has 15 heavy (non-hydrogen) atoms. The Balaban J connectivity index is 2.23. The van der Waals surface area contributed by atoms with Crippen LogP contribution in [0.5, 0.6) is 0 Å². The van der Waals surface area contributed by atoms with Gasteiger partial charge in [0.1, 0.15) is 0 Å². The van der Waals surface area contributed by atoms with Crippen LogP contribution in [0, 0.1) is 17.3 Å². The second-order valence-corrected chi connectivity index (χ2v) is 6.72. The van der Waals surface area contributed by atoms with Gasteiger partial charge < -0.3 is 5.73 Å². The lowest BCUT2D eigenvalue weighted by Gasteiger charge is -2.42. The maximum absolute atomic E-state index is 5.97. The molecule has 2 aliphatic rings. The largest absolute Gasteiger partial charge is 0.330 e. The van der Waals surface area contributed by atoms with E-state index < -0.39 is 0 Å². The SMILES string of the molecule is CC(C)N1C2C[C@@H]2[C@@H](CN)C1C(C)(C)C. The fraction of sp³-hybridized carbons (Fsp3) is 1.00. The van der Waals surface area contributed by atoms with Crippen molar-refractivity contribution in [1.29, 1.82) is 0 Å². The van der Waals surface area contributed by atoms with Crippen LogP contribution in [0.1, 0.15) is 41.0 Å². The highest BCUT2D eigenvalue weighted by atomic mass is 15.3. The smallest absolute Gasteiger partial charge is 0.0193 e. The van der Waals surface area contributed by atoms with Crippen molar-refractivity contribution in [2.75, 3.05) is 6.54 Å². The molecule has 0 bridgehead atoms. The number of rotatable bonds is 2. The van der Waals surface area contributed by atoms with Crippen molar-refractivity contribution in [3.8, 4) is 0 Å². The molecule has 2 heteroatoms. The van der Waals surface area contributed by atoms with Crippen molar-refractivity contribution < 1.29 is 0 Å². The maximum atomic E-state index is 5.97. The Hall–Kier alpha value is -0.0800. The lowest BCUT2D eigenvalue weighted by Crippen LogP contribution is -2.50. The highest BCUT2D eigenvalue weighted by molar-refractivity contribution is 5.14.